The van der Waals surface area contributed by atoms with Gasteiger partial charge >= 0.3 is 0 Å². The standard InChI is InChI=1S/C22H23ClN4O/c1-15(18-8-4-3-5-9-18)25-22(28)20-14-21(27-16(2)26-20)24-12-11-17-7-6-10-19(23)13-17/h3-10,13-15H,11-12H2,1-2H3,(H,25,28)(H,24,26,27). The molecule has 0 spiro atoms. The second-order valence-corrected chi connectivity index (χ2v) is 7.03. The Bertz CT molecular complexity index is 946. The summed E-state index contributed by atoms with van der Waals surface area (Å²) in [4.78, 5) is 21.3. The molecular weight excluding hydrogens is 372 g/mol. The number of halogens is 1. The van der Waals surface area contributed by atoms with Gasteiger partial charge in [0, 0.05) is 17.6 Å². The lowest BCUT2D eigenvalue weighted by Crippen LogP contribution is -2.28. The first kappa shape index (κ1) is 19.8. The van der Waals surface area contributed by atoms with E-state index in [9.17, 15) is 4.79 Å². The molecule has 0 aliphatic rings. The Morgan fingerprint density at radius 2 is 1.86 bits per heavy atom. The van der Waals surface area contributed by atoms with Gasteiger partial charge in [0.2, 0.25) is 0 Å². The molecule has 1 heterocycles. The molecule has 5 nitrogen and oxygen atoms in total. The Balaban J connectivity index is 1.62. The van der Waals surface area contributed by atoms with E-state index in [-0.39, 0.29) is 11.9 Å². The lowest BCUT2D eigenvalue weighted by Gasteiger charge is -2.14. The summed E-state index contributed by atoms with van der Waals surface area (Å²) >= 11 is 6.02. The highest BCUT2D eigenvalue weighted by Gasteiger charge is 2.14. The van der Waals surface area contributed by atoms with Crippen molar-refractivity contribution in [3.05, 3.63) is 88.3 Å². The van der Waals surface area contributed by atoms with E-state index in [4.69, 9.17) is 11.6 Å². The van der Waals surface area contributed by atoms with Crippen molar-refractivity contribution in [1.82, 2.24) is 15.3 Å². The number of aryl methyl sites for hydroxylation is 1. The van der Waals surface area contributed by atoms with Gasteiger partial charge in [-0.25, -0.2) is 9.97 Å². The van der Waals surface area contributed by atoms with Crippen molar-refractivity contribution in [2.75, 3.05) is 11.9 Å². The van der Waals surface area contributed by atoms with Crippen LogP contribution in [-0.4, -0.2) is 22.4 Å². The third-order valence-electron chi connectivity index (χ3n) is 4.33. The van der Waals surface area contributed by atoms with Gasteiger partial charge in [-0.1, -0.05) is 54.1 Å². The van der Waals surface area contributed by atoms with E-state index in [1.165, 1.54) is 0 Å². The summed E-state index contributed by atoms with van der Waals surface area (Å²) in [6, 6.07) is 19.2. The van der Waals surface area contributed by atoms with Crippen molar-refractivity contribution in [2.24, 2.45) is 0 Å². The summed E-state index contributed by atoms with van der Waals surface area (Å²) in [5.74, 6) is 0.956. The van der Waals surface area contributed by atoms with E-state index < -0.39 is 0 Å². The van der Waals surface area contributed by atoms with Gasteiger partial charge < -0.3 is 10.6 Å². The quantitative estimate of drug-likeness (QED) is 0.615. The van der Waals surface area contributed by atoms with Crippen LogP contribution in [0.3, 0.4) is 0 Å². The van der Waals surface area contributed by atoms with Gasteiger partial charge in [0.25, 0.3) is 5.91 Å². The van der Waals surface area contributed by atoms with Crippen LogP contribution in [0.1, 0.15) is 40.4 Å². The van der Waals surface area contributed by atoms with Gasteiger partial charge in [-0.3, -0.25) is 4.79 Å². The molecule has 2 aromatic carbocycles. The summed E-state index contributed by atoms with van der Waals surface area (Å²) in [6.07, 6.45) is 0.802. The first-order chi connectivity index (χ1) is 13.5. The van der Waals surface area contributed by atoms with E-state index in [0.717, 1.165) is 22.6 Å². The first-order valence-electron chi connectivity index (χ1n) is 9.21. The highest BCUT2D eigenvalue weighted by atomic mass is 35.5. The molecule has 144 valence electrons. The van der Waals surface area contributed by atoms with Crippen LogP contribution in [0.15, 0.2) is 60.7 Å². The molecule has 28 heavy (non-hydrogen) atoms. The van der Waals surface area contributed by atoms with Gasteiger partial charge in [-0.15, -0.1) is 0 Å². The number of hydrogen-bond acceptors (Lipinski definition) is 4. The highest BCUT2D eigenvalue weighted by molar-refractivity contribution is 6.30. The monoisotopic (exact) mass is 394 g/mol. The van der Waals surface area contributed by atoms with Crippen molar-refractivity contribution in [3.8, 4) is 0 Å². The maximum Gasteiger partial charge on any atom is 0.270 e. The number of carbonyl (C=O) groups excluding carboxylic acids is 1. The van der Waals surface area contributed by atoms with E-state index >= 15 is 0 Å². The van der Waals surface area contributed by atoms with Gasteiger partial charge in [-0.05, 0) is 43.5 Å². The van der Waals surface area contributed by atoms with Crippen LogP contribution in [0.25, 0.3) is 0 Å². The number of nitrogens with one attached hydrogen (secondary N) is 2. The Morgan fingerprint density at radius 1 is 1.07 bits per heavy atom. The first-order valence-corrected chi connectivity index (χ1v) is 9.59. The summed E-state index contributed by atoms with van der Waals surface area (Å²) in [5.41, 5.74) is 2.53. The van der Waals surface area contributed by atoms with Gasteiger partial charge in [0.1, 0.15) is 17.3 Å². The number of rotatable bonds is 7. The number of aromatic nitrogens is 2. The minimum absolute atomic E-state index is 0.108. The third kappa shape index (κ3) is 5.54. The van der Waals surface area contributed by atoms with Crippen LogP contribution in [0.4, 0.5) is 5.82 Å². The van der Waals surface area contributed by atoms with E-state index in [1.54, 1.807) is 13.0 Å². The maximum atomic E-state index is 12.6. The SMILES string of the molecule is Cc1nc(NCCc2cccc(Cl)c2)cc(C(=O)NC(C)c2ccccc2)n1. The zero-order chi connectivity index (χ0) is 19.9. The van der Waals surface area contributed by atoms with Gasteiger partial charge in [-0.2, -0.15) is 0 Å². The number of amides is 1. The van der Waals surface area contributed by atoms with Crippen LogP contribution in [0.5, 0.6) is 0 Å². The molecule has 6 heteroatoms. The van der Waals surface area contributed by atoms with Gasteiger partial charge in [0.05, 0.1) is 6.04 Å². The van der Waals surface area contributed by atoms with Crippen molar-refractivity contribution in [1.29, 1.82) is 0 Å². The Morgan fingerprint density at radius 3 is 2.61 bits per heavy atom. The Kier molecular flexibility index (Phi) is 6.61. The van der Waals surface area contributed by atoms with Crippen LogP contribution in [0.2, 0.25) is 5.02 Å². The Hall–Kier alpha value is -2.92. The number of hydrogen-bond donors (Lipinski definition) is 2. The molecule has 1 atom stereocenters. The fraction of sp³-hybridized carbons (Fsp3) is 0.227. The largest absolute Gasteiger partial charge is 0.370 e. The highest BCUT2D eigenvalue weighted by Crippen LogP contribution is 2.14. The molecule has 3 rings (SSSR count). The van der Waals surface area contributed by atoms with Crippen molar-refractivity contribution < 1.29 is 4.79 Å². The lowest BCUT2D eigenvalue weighted by molar-refractivity contribution is 0.0934. The summed E-state index contributed by atoms with van der Waals surface area (Å²) < 4.78 is 0. The average molecular weight is 395 g/mol. The predicted octanol–water partition coefficient (Wildman–Crippen LogP) is 4.58. The molecule has 1 aromatic heterocycles. The van der Waals surface area contributed by atoms with Crippen molar-refractivity contribution in [2.45, 2.75) is 26.3 Å². The molecule has 0 fully saturated rings. The number of anilines is 1. The van der Waals surface area contributed by atoms with Crippen LogP contribution >= 0.6 is 11.6 Å². The fourth-order valence-corrected chi connectivity index (χ4v) is 3.11. The number of carbonyl (C=O) groups is 1. The Labute approximate surface area is 170 Å². The average Bonchev–Trinajstić information content (AvgIpc) is 2.68. The predicted molar refractivity (Wildman–Crippen MR) is 113 cm³/mol. The van der Waals surface area contributed by atoms with Crippen LogP contribution in [0, 0.1) is 6.92 Å². The molecule has 0 radical (unpaired) electrons. The molecular formula is C22H23ClN4O. The smallest absolute Gasteiger partial charge is 0.270 e. The fourth-order valence-electron chi connectivity index (χ4n) is 2.90. The summed E-state index contributed by atoms with van der Waals surface area (Å²) in [5, 5.41) is 6.97. The van der Waals surface area contributed by atoms with Gasteiger partial charge in [0.15, 0.2) is 0 Å². The minimum Gasteiger partial charge on any atom is -0.370 e. The summed E-state index contributed by atoms with van der Waals surface area (Å²) in [7, 11) is 0. The molecule has 2 N–H and O–H groups in total. The molecule has 0 bridgehead atoms. The summed E-state index contributed by atoms with van der Waals surface area (Å²) in [6.45, 7) is 4.41. The molecule has 0 saturated heterocycles. The topological polar surface area (TPSA) is 66.9 Å². The molecule has 1 unspecified atom stereocenters. The second kappa shape index (κ2) is 9.33. The maximum absolute atomic E-state index is 12.6. The third-order valence-corrected chi connectivity index (χ3v) is 4.56. The molecule has 0 aliphatic heterocycles. The van der Waals surface area contributed by atoms with Crippen molar-refractivity contribution in [3.63, 3.8) is 0 Å². The number of benzene rings is 2. The normalized spacial score (nSPS) is 11.7. The van der Waals surface area contributed by atoms with E-state index in [0.29, 0.717) is 23.9 Å². The second-order valence-electron chi connectivity index (χ2n) is 6.60. The zero-order valence-corrected chi connectivity index (χ0v) is 16.7. The van der Waals surface area contributed by atoms with Crippen LogP contribution in [-0.2, 0) is 6.42 Å². The van der Waals surface area contributed by atoms with Crippen LogP contribution < -0.4 is 10.6 Å². The molecule has 1 amide bonds. The zero-order valence-electron chi connectivity index (χ0n) is 15.9. The lowest BCUT2D eigenvalue weighted by atomic mass is 10.1. The van der Waals surface area contributed by atoms with E-state index in [1.807, 2.05) is 61.5 Å². The molecule has 0 saturated carbocycles. The number of nitrogens with zero attached hydrogens (tertiary/aromatic N) is 2. The molecule has 0 aliphatic carbocycles. The minimum atomic E-state index is -0.222. The molecule has 3 aromatic rings. The van der Waals surface area contributed by atoms with E-state index in [2.05, 4.69) is 20.6 Å². The van der Waals surface area contributed by atoms with Crippen molar-refractivity contribution >= 4 is 23.3 Å².